The van der Waals surface area contributed by atoms with Gasteiger partial charge < -0.3 is 20.0 Å². The van der Waals surface area contributed by atoms with Crippen LogP contribution in [0, 0.1) is 0 Å². The number of aromatic nitrogens is 3. The SMILES string of the molecule is CCCCSc1nc(Nc2ccc(N(CC)CC)cc2)cc(N2CCN(C(=O)c3ccncc3)CC2)n1. The molecule has 0 saturated carbocycles. The van der Waals surface area contributed by atoms with Gasteiger partial charge in [-0.05, 0) is 56.7 Å². The Morgan fingerprint density at radius 2 is 1.68 bits per heavy atom. The molecule has 8 nitrogen and oxygen atoms in total. The summed E-state index contributed by atoms with van der Waals surface area (Å²) in [7, 11) is 0. The van der Waals surface area contributed by atoms with E-state index in [9.17, 15) is 4.79 Å². The topological polar surface area (TPSA) is 77.5 Å². The van der Waals surface area contributed by atoms with Crippen molar-refractivity contribution in [1.29, 1.82) is 0 Å². The van der Waals surface area contributed by atoms with Gasteiger partial charge in [-0.1, -0.05) is 25.1 Å². The van der Waals surface area contributed by atoms with E-state index < -0.39 is 0 Å². The highest BCUT2D eigenvalue weighted by Crippen LogP contribution is 2.27. The van der Waals surface area contributed by atoms with Gasteiger partial charge in [0, 0.05) is 80.4 Å². The second-order valence-corrected chi connectivity index (χ2v) is 10.0. The van der Waals surface area contributed by atoms with Crippen LogP contribution in [-0.2, 0) is 0 Å². The Hall–Kier alpha value is -3.33. The highest BCUT2D eigenvalue weighted by Gasteiger charge is 2.23. The first-order valence-electron chi connectivity index (χ1n) is 13.2. The van der Waals surface area contributed by atoms with Crippen molar-refractivity contribution >= 4 is 40.7 Å². The second kappa shape index (κ2) is 13.3. The molecule has 3 aromatic rings. The molecule has 0 bridgehead atoms. The molecule has 9 heteroatoms. The molecule has 196 valence electrons. The third kappa shape index (κ3) is 7.13. The van der Waals surface area contributed by atoms with Crippen molar-refractivity contribution in [2.75, 3.05) is 60.1 Å². The van der Waals surface area contributed by atoms with E-state index in [4.69, 9.17) is 9.97 Å². The summed E-state index contributed by atoms with van der Waals surface area (Å²) in [5.74, 6) is 2.73. The van der Waals surface area contributed by atoms with Gasteiger partial charge in [0.05, 0.1) is 0 Å². The van der Waals surface area contributed by atoms with Crippen LogP contribution >= 0.6 is 11.8 Å². The molecule has 1 fully saturated rings. The zero-order valence-corrected chi connectivity index (χ0v) is 22.9. The molecule has 0 atom stereocenters. The van der Waals surface area contributed by atoms with Gasteiger partial charge in [0.25, 0.3) is 5.91 Å². The number of pyridine rings is 1. The van der Waals surface area contributed by atoms with Crippen molar-refractivity contribution in [1.82, 2.24) is 19.9 Å². The first-order valence-corrected chi connectivity index (χ1v) is 14.2. The van der Waals surface area contributed by atoms with Crippen molar-refractivity contribution in [2.24, 2.45) is 0 Å². The summed E-state index contributed by atoms with van der Waals surface area (Å²) in [6.45, 7) is 11.3. The molecule has 4 rings (SSSR count). The molecule has 0 unspecified atom stereocenters. The number of carbonyl (C=O) groups excluding carboxylic acids is 1. The van der Waals surface area contributed by atoms with Crippen LogP contribution in [0.5, 0.6) is 0 Å². The van der Waals surface area contributed by atoms with Gasteiger partial charge in [-0.2, -0.15) is 0 Å². The number of nitrogens with zero attached hydrogens (tertiary/aromatic N) is 6. The number of hydrogen-bond acceptors (Lipinski definition) is 8. The number of anilines is 4. The zero-order valence-electron chi connectivity index (χ0n) is 22.1. The lowest BCUT2D eigenvalue weighted by Gasteiger charge is -2.35. The number of nitrogens with one attached hydrogen (secondary N) is 1. The van der Waals surface area contributed by atoms with Gasteiger partial charge in [-0.25, -0.2) is 9.97 Å². The number of amides is 1. The molecule has 1 saturated heterocycles. The van der Waals surface area contributed by atoms with E-state index in [-0.39, 0.29) is 5.91 Å². The van der Waals surface area contributed by atoms with Gasteiger partial charge in [0.2, 0.25) is 0 Å². The Bertz CT molecular complexity index is 1130. The van der Waals surface area contributed by atoms with Crippen LogP contribution in [0.2, 0.25) is 0 Å². The van der Waals surface area contributed by atoms with Gasteiger partial charge >= 0.3 is 0 Å². The highest BCUT2D eigenvalue weighted by atomic mass is 32.2. The molecule has 0 radical (unpaired) electrons. The summed E-state index contributed by atoms with van der Waals surface area (Å²) in [6.07, 6.45) is 5.59. The quantitative estimate of drug-likeness (QED) is 0.207. The summed E-state index contributed by atoms with van der Waals surface area (Å²) >= 11 is 1.70. The third-order valence-corrected chi connectivity index (χ3v) is 7.44. The van der Waals surface area contributed by atoms with Gasteiger partial charge in [-0.3, -0.25) is 9.78 Å². The van der Waals surface area contributed by atoms with Gasteiger partial charge in [0.1, 0.15) is 11.6 Å². The van der Waals surface area contributed by atoms with E-state index in [0.717, 1.165) is 67.3 Å². The first-order chi connectivity index (χ1) is 18.1. The Balaban J connectivity index is 1.47. The van der Waals surface area contributed by atoms with Crippen molar-refractivity contribution < 1.29 is 4.79 Å². The first kappa shape index (κ1) is 26.7. The lowest BCUT2D eigenvalue weighted by molar-refractivity contribution is 0.0746. The van der Waals surface area contributed by atoms with Crippen molar-refractivity contribution in [3.8, 4) is 0 Å². The largest absolute Gasteiger partial charge is 0.372 e. The van der Waals surface area contributed by atoms with Crippen LogP contribution in [0.25, 0.3) is 0 Å². The number of hydrogen-bond donors (Lipinski definition) is 1. The molecule has 2 aromatic heterocycles. The average Bonchev–Trinajstić information content (AvgIpc) is 2.95. The molecule has 1 amide bonds. The van der Waals surface area contributed by atoms with Crippen LogP contribution in [0.3, 0.4) is 0 Å². The summed E-state index contributed by atoms with van der Waals surface area (Å²) in [5.41, 5.74) is 2.89. The molecule has 0 aliphatic carbocycles. The lowest BCUT2D eigenvalue weighted by atomic mass is 10.2. The number of thioether (sulfide) groups is 1. The maximum absolute atomic E-state index is 12.8. The van der Waals surface area contributed by atoms with Crippen LogP contribution in [-0.4, -0.2) is 70.8 Å². The predicted octanol–water partition coefficient (Wildman–Crippen LogP) is 5.32. The normalized spacial score (nSPS) is 13.5. The maximum atomic E-state index is 12.8. The smallest absolute Gasteiger partial charge is 0.254 e. The van der Waals surface area contributed by atoms with E-state index in [1.807, 2.05) is 11.0 Å². The van der Waals surface area contributed by atoms with Crippen LogP contribution in [0.1, 0.15) is 44.0 Å². The van der Waals surface area contributed by atoms with Gasteiger partial charge in [-0.15, -0.1) is 0 Å². The summed E-state index contributed by atoms with van der Waals surface area (Å²) in [6, 6.07) is 14.0. The fourth-order valence-electron chi connectivity index (χ4n) is 4.32. The number of carbonyl (C=O) groups is 1. The maximum Gasteiger partial charge on any atom is 0.254 e. The van der Waals surface area contributed by atoms with Gasteiger partial charge in [0.15, 0.2) is 5.16 Å². The fraction of sp³-hybridized carbons (Fsp3) is 0.429. The van der Waals surface area contributed by atoms with E-state index in [2.05, 4.69) is 65.1 Å². The molecule has 0 spiro atoms. The number of rotatable bonds is 11. The van der Waals surface area contributed by atoms with Crippen molar-refractivity contribution in [2.45, 2.75) is 38.8 Å². The van der Waals surface area contributed by atoms with Crippen molar-refractivity contribution in [3.63, 3.8) is 0 Å². The third-order valence-electron chi connectivity index (χ3n) is 6.51. The minimum atomic E-state index is 0.0519. The molecule has 3 heterocycles. The minimum absolute atomic E-state index is 0.0519. The van der Waals surface area contributed by atoms with Crippen LogP contribution < -0.4 is 15.1 Å². The molecule has 1 aliphatic heterocycles. The standard InChI is InChI=1S/C28H37N7OS/c1-4-7-20-37-28-31-25(30-23-8-10-24(11-9-23)33(5-2)6-3)21-26(32-28)34-16-18-35(19-17-34)27(36)22-12-14-29-15-13-22/h8-15,21H,4-7,16-20H2,1-3H3,(H,30,31,32). The van der Waals surface area contributed by atoms with Crippen LogP contribution in [0.4, 0.5) is 23.0 Å². The van der Waals surface area contributed by atoms with E-state index >= 15 is 0 Å². The number of piperazine rings is 1. The lowest BCUT2D eigenvalue weighted by Crippen LogP contribution is -2.49. The zero-order chi connectivity index (χ0) is 26.0. The summed E-state index contributed by atoms with van der Waals surface area (Å²) in [5, 5.41) is 4.27. The van der Waals surface area contributed by atoms with E-state index in [1.54, 1.807) is 36.3 Å². The van der Waals surface area contributed by atoms with Crippen molar-refractivity contribution in [3.05, 3.63) is 60.4 Å². The molecular formula is C28H37N7OS. The van der Waals surface area contributed by atoms with Crippen LogP contribution in [0.15, 0.2) is 60.0 Å². The fourth-order valence-corrected chi connectivity index (χ4v) is 5.26. The molecule has 1 aliphatic rings. The molecular weight excluding hydrogens is 482 g/mol. The molecule has 1 N–H and O–H groups in total. The monoisotopic (exact) mass is 519 g/mol. The molecule has 37 heavy (non-hydrogen) atoms. The highest BCUT2D eigenvalue weighted by molar-refractivity contribution is 7.99. The Kier molecular flexibility index (Phi) is 9.59. The Morgan fingerprint density at radius 1 is 0.973 bits per heavy atom. The van der Waals surface area contributed by atoms with E-state index in [1.165, 1.54) is 5.69 Å². The Morgan fingerprint density at radius 3 is 2.32 bits per heavy atom. The second-order valence-electron chi connectivity index (χ2n) is 8.96. The molecule has 1 aromatic carbocycles. The van der Waals surface area contributed by atoms with E-state index in [0.29, 0.717) is 18.7 Å². The summed E-state index contributed by atoms with van der Waals surface area (Å²) < 4.78 is 0. The average molecular weight is 520 g/mol. The predicted molar refractivity (Wildman–Crippen MR) is 153 cm³/mol. The Labute approximate surface area is 224 Å². The number of unbranched alkanes of at least 4 members (excludes halogenated alkanes) is 1. The summed E-state index contributed by atoms with van der Waals surface area (Å²) in [4.78, 5) is 33.0. The number of benzene rings is 1. The minimum Gasteiger partial charge on any atom is -0.372 e.